The maximum Gasteiger partial charge on any atom is 0.170 e. The van der Waals surface area contributed by atoms with Crippen LogP contribution in [0.2, 0.25) is 0 Å². The Morgan fingerprint density at radius 1 is 1.10 bits per heavy atom. The zero-order valence-electron chi connectivity index (χ0n) is 11.9. The van der Waals surface area contributed by atoms with E-state index in [0.717, 1.165) is 10.0 Å². The molecule has 0 atom stereocenters. The first-order valence-electron chi connectivity index (χ1n) is 6.44. The molecule has 0 aliphatic heterocycles. The molecule has 0 radical (unpaired) electrons. The van der Waals surface area contributed by atoms with Crippen LogP contribution in [0.5, 0.6) is 5.75 Å². The van der Waals surface area contributed by atoms with Gasteiger partial charge < -0.3 is 4.74 Å². The number of hydrogen-bond donors (Lipinski definition) is 0. The molecular formula is C17H17BrO2. The summed E-state index contributed by atoms with van der Waals surface area (Å²) in [6, 6.07) is 11.6. The van der Waals surface area contributed by atoms with Crippen LogP contribution in [-0.2, 0) is 6.42 Å². The summed E-state index contributed by atoms with van der Waals surface area (Å²) in [5, 5.41) is 0. The fraction of sp³-hybridized carbons (Fsp3) is 0.235. The first-order valence-corrected chi connectivity index (χ1v) is 7.23. The van der Waals surface area contributed by atoms with Gasteiger partial charge in [-0.1, -0.05) is 34.1 Å². The Bertz CT molecular complexity index is 647. The maximum absolute atomic E-state index is 12.4. The number of hydrogen-bond acceptors (Lipinski definition) is 2. The molecule has 0 N–H and O–H groups in total. The molecule has 0 aliphatic carbocycles. The maximum atomic E-state index is 12.4. The van der Waals surface area contributed by atoms with Crippen molar-refractivity contribution in [2.45, 2.75) is 20.3 Å². The van der Waals surface area contributed by atoms with Crippen LogP contribution in [0, 0.1) is 13.8 Å². The molecule has 0 heterocycles. The quantitative estimate of drug-likeness (QED) is 0.770. The van der Waals surface area contributed by atoms with Gasteiger partial charge in [-0.05, 0) is 48.7 Å². The molecule has 0 bridgehead atoms. The first kappa shape index (κ1) is 14.8. The number of aryl methyl sites for hydroxylation is 2. The van der Waals surface area contributed by atoms with E-state index in [9.17, 15) is 4.79 Å². The summed E-state index contributed by atoms with van der Waals surface area (Å²) < 4.78 is 6.18. The van der Waals surface area contributed by atoms with Gasteiger partial charge in [0.25, 0.3) is 0 Å². The van der Waals surface area contributed by atoms with Crippen LogP contribution >= 0.6 is 15.9 Å². The molecule has 0 aliphatic rings. The predicted molar refractivity (Wildman–Crippen MR) is 84.6 cm³/mol. The molecule has 2 nitrogen and oxygen atoms in total. The minimum atomic E-state index is 0.0672. The molecule has 0 fully saturated rings. The van der Waals surface area contributed by atoms with Gasteiger partial charge in [-0.25, -0.2) is 0 Å². The molecule has 3 heteroatoms. The highest BCUT2D eigenvalue weighted by Gasteiger charge is 2.13. The van der Waals surface area contributed by atoms with E-state index in [2.05, 4.69) is 41.9 Å². The average Bonchev–Trinajstić information content (AvgIpc) is 2.42. The van der Waals surface area contributed by atoms with Gasteiger partial charge in [0.05, 0.1) is 12.7 Å². The fourth-order valence-electron chi connectivity index (χ4n) is 2.09. The highest BCUT2D eigenvalue weighted by molar-refractivity contribution is 9.10. The number of rotatable bonds is 4. The van der Waals surface area contributed by atoms with Crippen molar-refractivity contribution in [2.75, 3.05) is 7.11 Å². The van der Waals surface area contributed by atoms with Crippen LogP contribution in [0.25, 0.3) is 0 Å². The van der Waals surface area contributed by atoms with E-state index in [4.69, 9.17) is 4.74 Å². The molecule has 2 aromatic carbocycles. The number of methoxy groups -OCH3 is 1. The van der Waals surface area contributed by atoms with Gasteiger partial charge in [-0.15, -0.1) is 0 Å². The predicted octanol–water partition coefficient (Wildman–Crippen LogP) is 4.50. The highest BCUT2D eigenvalue weighted by Crippen LogP contribution is 2.25. The van der Waals surface area contributed by atoms with E-state index >= 15 is 0 Å². The minimum absolute atomic E-state index is 0.0672. The number of Topliss-reactive ketones (excluding diaryl/α,β-unsaturated/α-hetero) is 1. The monoisotopic (exact) mass is 332 g/mol. The zero-order chi connectivity index (χ0) is 14.7. The summed E-state index contributed by atoms with van der Waals surface area (Å²) in [6.45, 7) is 4.13. The molecule has 2 rings (SSSR count). The number of halogens is 1. The second-order valence-corrected chi connectivity index (χ2v) is 5.78. The number of benzene rings is 2. The number of ether oxygens (including phenoxy) is 1. The van der Waals surface area contributed by atoms with Crippen LogP contribution in [-0.4, -0.2) is 12.9 Å². The van der Waals surface area contributed by atoms with Crippen molar-refractivity contribution in [3.63, 3.8) is 0 Å². The van der Waals surface area contributed by atoms with Gasteiger partial charge in [0.2, 0.25) is 0 Å². The van der Waals surface area contributed by atoms with Gasteiger partial charge in [0.15, 0.2) is 5.78 Å². The van der Waals surface area contributed by atoms with Gasteiger partial charge in [0, 0.05) is 10.9 Å². The summed E-state index contributed by atoms with van der Waals surface area (Å²) >= 11 is 3.38. The summed E-state index contributed by atoms with van der Waals surface area (Å²) in [5.41, 5.74) is 4.09. The van der Waals surface area contributed by atoms with E-state index in [1.807, 2.05) is 18.2 Å². The highest BCUT2D eigenvalue weighted by atomic mass is 79.9. The Labute approximate surface area is 127 Å². The zero-order valence-corrected chi connectivity index (χ0v) is 13.5. The summed E-state index contributed by atoms with van der Waals surface area (Å²) in [4.78, 5) is 12.4. The van der Waals surface area contributed by atoms with Crippen molar-refractivity contribution in [3.05, 3.63) is 63.1 Å². The fourth-order valence-corrected chi connectivity index (χ4v) is 2.43. The molecule has 0 spiro atoms. The SMILES string of the molecule is COc1cc(Br)ccc1C(=O)Cc1ccc(C)c(C)c1. The van der Waals surface area contributed by atoms with Crippen LogP contribution in [0.15, 0.2) is 40.9 Å². The Kier molecular flexibility index (Phi) is 4.61. The summed E-state index contributed by atoms with van der Waals surface area (Å²) in [5.74, 6) is 0.672. The van der Waals surface area contributed by atoms with Crippen molar-refractivity contribution in [2.24, 2.45) is 0 Å². The van der Waals surface area contributed by atoms with E-state index in [-0.39, 0.29) is 5.78 Å². The van der Waals surface area contributed by atoms with Gasteiger partial charge in [-0.2, -0.15) is 0 Å². The first-order chi connectivity index (χ1) is 9.51. The van der Waals surface area contributed by atoms with Gasteiger partial charge in [-0.3, -0.25) is 4.79 Å². The lowest BCUT2D eigenvalue weighted by Crippen LogP contribution is -2.06. The van der Waals surface area contributed by atoms with Crippen molar-refractivity contribution >= 4 is 21.7 Å². The lowest BCUT2D eigenvalue weighted by atomic mass is 9.99. The third-order valence-corrected chi connectivity index (χ3v) is 3.89. The van der Waals surface area contributed by atoms with Crippen molar-refractivity contribution < 1.29 is 9.53 Å². The smallest absolute Gasteiger partial charge is 0.170 e. The largest absolute Gasteiger partial charge is 0.496 e. The van der Waals surface area contributed by atoms with E-state index in [1.54, 1.807) is 13.2 Å². The Morgan fingerprint density at radius 2 is 1.85 bits per heavy atom. The van der Waals surface area contributed by atoms with Crippen LogP contribution in [0.4, 0.5) is 0 Å². The molecule has 0 saturated carbocycles. The Hall–Kier alpha value is -1.61. The van der Waals surface area contributed by atoms with Crippen LogP contribution < -0.4 is 4.74 Å². The number of carbonyl (C=O) groups excluding carboxylic acids is 1. The average molecular weight is 333 g/mol. The van der Waals surface area contributed by atoms with Gasteiger partial charge in [0.1, 0.15) is 5.75 Å². The number of ketones is 1. The van der Waals surface area contributed by atoms with Crippen molar-refractivity contribution in [1.29, 1.82) is 0 Å². The summed E-state index contributed by atoms with van der Waals surface area (Å²) in [6.07, 6.45) is 0.388. The summed E-state index contributed by atoms with van der Waals surface area (Å²) in [7, 11) is 1.58. The molecule has 0 saturated heterocycles. The van der Waals surface area contributed by atoms with Crippen molar-refractivity contribution in [3.8, 4) is 5.75 Å². The topological polar surface area (TPSA) is 26.3 Å². The molecule has 0 aromatic heterocycles. The lowest BCUT2D eigenvalue weighted by Gasteiger charge is -2.09. The van der Waals surface area contributed by atoms with Crippen molar-refractivity contribution in [1.82, 2.24) is 0 Å². The normalized spacial score (nSPS) is 10.4. The molecular weight excluding hydrogens is 316 g/mol. The second kappa shape index (κ2) is 6.23. The van der Waals surface area contributed by atoms with E-state index < -0.39 is 0 Å². The second-order valence-electron chi connectivity index (χ2n) is 4.86. The third-order valence-electron chi connectivity index (χ3n) is 3.40. The molecule has 104 valence electrons. The minimum Gasteiger partial charge on any atom is -0.496 e. The van der Waals surface area contributed by atoms with E-state index in [0.29, 0.717) is 17.7 Å². The Morgan fingerprint density at radius 3 is 2.50 bits per heavy atom. The molecule has 20 heavy (non-hydrogen) atoms. The Balaban J connectivity index is 2.25. The standard InChI is InChI=1S/C17H17BrO2/c1-11-4-5-13(8-12(11)2)9-16(19)15-7-6-14(18)10-17(15)20-3/h4-8,10H,9H2,1-3H3. The van der Waals surface area contributed by atoms with E-state index in [1.165, 1.54) is 11.1 Å². The molecule has 2 aromatic rings. The molecule has 0 unspecified atom stereocenters. The van der Waals surface area contributed by atoms with Gasteiger partial charge >= 0.3 is 0 Å². The lowest BCUT2D eigenvalue weighted by molar-refractivity contribution is 0.0990. The molecule has 0 amide bonds. The van der Waals surface area contributed by atoms with Crippen LogP contribution in [0.1, 0.15) is 27.0 Å². The third kappa shape index (κ3) is 3.28. The number of carbonyl (C=O) groups is 1. The van der Waals surface area contributed by atoms with Crippen LogP contribution in [0.3, 0.4) is 0 Å².